The van der Waals surface area contributed by atoms with Crippen molar-refractivity contribution in [3.05, 3.63) is 35.4 Å². The number of nitrogens with one attached hydrogen (secondary N) is 1. The predicted molar refractivity (Wildman–Crippen MR) is 69.1 cm³/mol. The number of carboxylic acids is 1. The molecule has 0 unspecified atom stereocenters. The Morgan fingerprint density at radius 1 is 1.53 bits per heavy atom. The van der Waals surface area contributed by atoms with E-state index in [-0.39, 0.29) is 5.56 Å². The van der Waals surface area contributed by atoms with E-state index in [0.717, 1.165) is 12.1 Å². The molecule has 2 N–H and O–H groups in total. The molecule has 0 bridgehead atoms. The lowest BCUT2D eigenvalue weighted by Gasteiger charge is -2.06. The summed E-state index contributed by atoms with van der Waals surface area (Å²) in [5, 5.41) is 16.0. The minimum absolute atomic E-state index is 0.122. The standard InChI is InChI=1S/C12H15N5O2/c1-8-10(11(18)19)7-14-12(16-8)13-5-3-9-4-6-15-17(9)2/h4,6-7H,3,5H2,1-2H3,(H,18,19)(H,13,14,16). The molecular weight excluding hydrogens is 246 g/mol. The molecule has 0 aromatic carbocycles. The van der Waals surface area contributed by atoms with Crippen LogP contribution in [0.5, 0.6) is 0 Å². The molecule has 0 aliphatic rings. The molecule has 2 heterocycles. The zero-order valence-electron chi connectivity index (χ0n) is 10.8. The van der Waals surface area contributed by atoms with Crippen LogP contribution in [0, 0.1) is 6.92 Å². The van der Waals surface area contributed by atoms with E-state index >= 15 is 0 Å². The van der Waals surface area contributed by atoms with Crippen LogP contribution in [0.3, 0.4) is 0 Å². The molecule has 0 radical (unpaired) electrons. The molecule has 0 atom stereocenters. The van der Waals surface area contributed by atoms with Gasteiger partial charge in [0.15, 0.2) is 0 Å². The van der Waals surface area contributed by atoms with E-state index in [1.807, 2.05) is 13.1 Å². The molecule has 2 rings (SSSR count). The van der Waals surface area contributed by atoms with E-state index in [2.05, 4.69) is 20.4 Å². The molecule has 0 saturated carbocycles. The van der Waals surface area contributed by atoms with E-state index in [9.17, 15) is 4.79 Å². The molecule has 100 valence electrons. The van der Waals surface area contributed by atoms with Gasteiger partial charge >= 0.3 is 5.97 Å². The first-order valence-corrected chi connectivity index (χ1v) is 5.85. The lowest BCUT2D eigenvalue weighted by atomic mass is 10.2. The number of aromatic carboxylic acids is 1. The summed E-state index contributed by atoms with van der Waals surface area (Å²) in [6.07, 6.45) is 3.86. The monoisotopic (exact) mass is 261 g/mol. The van der Waals surface area contributed by atoms with Crippen molar-refractivity contribution >= 4 is 11.9 Å². The molecule has 0 fully saturated rings. The van der Waals surface area contributed by atoms with Crippen molar-refractivity contribution in [2.75, 3.05) is 11.9 Å². The molecule has 0 amide bonds. The Morgan fingerprint density at radius 2 is 2.32 bits per heavy atom. The van der Waals surface area contributed by atoms with Gasteiger partial charge in [-0.25, -0.2) is 14.8 Å². The zero-order chi connectivity index (χ0) is 13.8. The van der Waals surface area contributed by atoms with Crippen LogP contribution < -0.4 is 5.32 Å². The van der Waals surface area contributed by atoms with Gasteiger partial charge in [-0.05, 0) is 13.0 Å². The molecule has 2 aromatic rings. The maximum absolute atomic E-state index is 10.8. The van der Waals surface area contributed by atoms with E-state index in [1.165, 1.54) is 6.20 Å². The van der Waals surface area contributed by atoms with Crippen LogP contribution in [0.4, 0.5) is 5.95 Å². The van der Waals surface area contributed by atoms with Crippen molar-refractivity contribution in [3.8, 4) is 0 Å². The van der Waals surface area contributed by atoms with Gasteiger partial charge in [-0.3, -0.25) is 4.68 Å². The molecule has 7 heteroatoms. The Kier molecular flexibility index (Phi) is 3.74. The third kappa shape index (κ3) is 3.06. The molecular formula is C12H15N5O2. The Morgan fingerprint density at radius 3 is 2.89 bits per heavy atom. The summed E-state index contributed by atoms with van der Waals surface area (Å²) in [6.45, 7) is 2.31. The second-order valence-electron chi connectivity index (χ2n) is 4.12. The van der Waals surface area contributed by atoms with Gasteiger partial charge in [0.05, 0.1) is 11.3 Å². The maximum atomic E-state index is 10.8. The van der Waals surface area contributed by atoms with Crippen molar-refractivity contribution in [1.29, 1.82) is 0 Å². The van der Waals surface area contributed by atoms with E-state index in [1.54, 1.807) is 17.8 Å². The van der Waals surface area contributed by atoms with Gasteiger partial charge in [0.1, 0.15) is 0 Å². The van der Waals surface area contributed by atoms with E-state index in [4.69, 9.17) is 5.11 Å². The average molecular weight is 261 g/mol. The molecule has 19 heavy (non-hydrogen) atoms. The van der Waals surface area contributed by atoms with Gasteiger partial charge in [-0.15, -0.1) is 0 Å². The van der Waals surface area contributed by atoms with E-state index in [0.29, 0.717) is 18.2 Å². The number of hydrogen-bond donors (Lipinski definition) is 2. The summed E-state index contributed by atoms with van der Waals surface area (Å²) >= 11 is 0. The Labute approximate surface area is 110 Å². The number of aryl methyl sites for hydroxylation is 2. The summed E-state index contributed by atoms with van der Waals surface area (Å²) in [7, 11) is 1.89. The molecule has 7 nitrogen and oxygen atoms in total. The smallest absolute Gasteiger partial charge is 0.339 e. The quantitative estimate of drug-likeness (QED) is 0.829. The Hall–Kier alpha value is -2.44. The van der Waals surface area contributed by atoms with Crippen molar-refractivity contribution in [2.45, 2.75) is 13.3 Å². The lowest BCUT2D eigenvalue weighted by Crippen LogP contribution is -2.12. The van der Waals surface area contributed by atoms with Gasteiger partial charge in [-0.1, -0.05) is 0 Å². The van der Waals surface area contributed by atoms with E-state index < -0.39 is 5.97 Å². The van der Waals surface area contributed by atoms with Crippen molar-refractivity contribution in [3.63, 3.8) is 0 Å². The summed E-state index contributed by atoms with van der Waals surface area (Å²) in [4.78, 5) is 18.9. The lowest BCUT2D eigenvalue weighted by molar-refractivity contribution is 0.0695. The Balaban J connectivity index is 1.95. The minimum Gasteiger partial charge on any atom is -0.478 e. The van der Waals surface area contributed by atoms with Gasteiger partial charge < -0.3 is 10.4 Å². The van der Waals surface area contributed by atoms with Crippen LogP contribution in [0.1, 0.15) is 21.7 Å². The number of rotatable bonds is 5. The van der Waals surface area contributed by atoms with Crippen LogP contribution in [0.25, 0.3) is 0 Å². The average Bonchev–Trinajstić information content (AvgIpc) is 2.75. The highest BCUT2D eigenvalue weighted by Gasteiger charge is 2.09. The number of hydrogen-bond acceptors (Lipinski definition) is 5. The van der Waals surface area contributed by atoms with Gasteiger partial charge in [0.25, 0.3) is 0 Å². The van der Waals surface area contributed by atoms with Crippen LogP contribution in [0.15, 0.2) is 18.5 Å². The topological polar surface area (TPSA) is 92.9 Å². The van der Waals surface area contributed by atoms with Crippen LogP contribution >= 0.6 is 0 Å². The second kappa shape index (κ2) is 5.47. The van der Waals surface area contributed by atoms with Gasteiger partial charge in [0, 0.05) is 38.1 Å². The summed E-state index contributed by atoms with van der Waals surface area (Å²) in [6, 6.07) is 1.95. The van der Waals surface area contributed by atoms with Crippen molar-refractivity contribution < 1.29 is 9.90 Å². The van der Waals surface area contributed by atoms with Crippen LogP contribution in [-0.4, -0.2) is 37.4 Å². The van der Waals surface area contributed by atoms with Gasteiger partial charge in [0.2, 0.25) is 5.95 Å². The first kappa shape index (κ1) is 13.0. The molecule has 0 aliphatic carbocycles. The van der Waals surface area contributed by atoms with Gasteiger partial charge in [-0.2, -0.15) is 5.10 Å². The minimum atomic E-state index is -1.01. The second-order valence-corrected chi connectivity index (χ2v) is 4.12. The fourth-order valence-electron chi connectivity index (χ4n) is 1.71. The number of carboxylic acid groups (broad SMARTS) is 1. The Bertz CT molecular complexity index is 594. The number of carbonyl (C=O) groups is 1. The fraction of sp³-hybridized carbons (Fsp3) is 0.333. The molecule has 2 aromatic heterocycles. The highest BCUT2D eigenvalue weighted by atomic mass is 16.4. The maximum Gasteiger partial charge on any atom is 0.339 e. The first-order valence-electron chi connectivity index (χ1n) is 5.85. The highest BCUT2D eigenvalue weighted by molar-refractivity contribution is 5.88. The van der Waals surface area contributed by atoms with Crippen LogP contribution in [0.2, 0.25) is 0 Å². The number of aromatic nitrogens is 4. The third-order valence-electron chi connectivity index (χ3n) is 2.80. The van der Waals surface area contributed by atoms with Crippen molar-refractivity contribution in [1.82, 2.24) is 19.7 Å². The SMILES string of the molecule is Cc1nc(NCCc2ccnn2C)ncc1C(=O)O. The molecule has 0 spiro atoms. The summed E-state index contributed by atoms with van der Waals surface area (Å²) in [5.41, 5.74) is 1.68. The summed E-state index contributed by atoms with van der Waals surface area (Å²) < 4.78 is 1.81. The highest BCUT2D eigenvalue weighted by Crippen LogP contribution is 2.07. The molecule has 0 aliphatic heterocycles. The first-order chi connectivity index (χ1) is 9.08. The third-order valence-corrected chi connectivity index (χ3v) is 2.80. The number of anilines is 1. The summed E-state index contributed by atoms with van der Waals surface area (Å²) in [5.74, 6) is -0.580. The fourth-order valence-corrected chi connectivity index (χ4v) is 1.71. The molecule has 0 saturated heterocycles. The largest absolute Gasteiger partial charge is 0.478 e. The predicted octanol–water partition coefficient (Wildman–Crippen LogP) is 0.871. The number of nitrogens with zero attached hydrogens (tertiary/aromatic N) is 4. The normalized spacial score (nSPS) is 10.4. The zero-order valence-corrected chi connectivity index (χ0v) is 10.8. The van der Waals surface area contributed by atoms with Crippen LogP contribution in [-0.2, 0) is 13.5 Å². The van der Waals surface area contributed by atoms with Crippen molar-refractivity contribution in [2.24, 2.45) is 7.05 Å².